The Morgan fingerprint density at radius 2 is 2.00 bits per heavy atom. The van der Waals surface area contributed by atoms with Crippen LogP contribution in [-0.2, 0) is 14.3 Å². The number of aryl methyl sites for hydroxylation is 1. The molecular weight excluding hydrogens is 378 g/mol. The standard InChI is InChI=1S/C20H19N3O4S/c1-11-12(2)28-19(23-18(25)14-6-7-14)17(11)20(26)27-10-16(24)22-15-5-3-4-13(8-15)9-21/h3-5,8,14H,6-7,10H2,1-2H3,(H,22,24)(H,23,25). The second kappa shape index (κ2) is 8.23. The molecule has 1 aliphatic rings. The van der Waals surface area contributed by atoms with Crippen molar-refractivity contribution < 1.29 is 19.1 Å². The van der Waals surface area contributed by atoms with E-state index in [1.54, 1.807) is 25.1 Å². The Bertz CT molecular complexity index is 986. The highest BCUT2D eigenvalue weighted by atomic mass is 32.1. The number of nitrogens with zero attached hydrogens (tertiary/aromatic N) is 1. The maximum absolute atomic E-state index is 12.5. The van der Waals surface area contributed by atoms with Crippen molar-refractivity contribution in [3.05, 3.63) is 45.8 Å². The summed E-state index contributed by atoms with van der Waals surface area (Å²) in [5, 5.41) is 14.7. The molecule has 0 spiro atoms. The molecule has 7 nitrogen and oxygen atoms in total. The zero-order valence-corrected chi connectivity index (χ0v) is 16.3. The Balaban J connectivity index is 1.63. The minimum atomic E-state index is -0.658. The molecule has 144 valence electrons. The molecule has 0 aliphatic heterocycles. The number of carbonyl (C=O) groups is 3. The SMILES string of the molecule is Cc1sc(NC(=O)C2CC2)c(C(=O)OCC(=O)Nc2cccc(C#N)c2)c1C. The predicted molar refractivity (Wildman–Crippen MR) is 105 cm³/mol. The van der Waals surface area contributed by atoms with Gasteiger partial charge in [-0.05, 0) is 50.5 Å². The molecule has 8 heteroatoms. The highest BCUT2D eigenvalue weighted by Gasteiger charge is 2.31. The van der Waals surface area contributed by atoms with E-state index < -0.39 is 18.5 Å². The highest BCUT2D eigenvalue weighted by molar-refractivity contribution is 7.16. The van der Waals surface area contributed by atoms with Gasteiger partial charge >= 0.3 is 5.97 Å². The molecule has 1 heterocycles. The van der Waals surface area contributed by atoms with Gasteiger partial charge < -0.3 is 15.4 Å². The van der Waals surface area contributed by atoms with Crippen LogP contribution in [0.3, 0.4) is 0 Å². The number of carbonyl (C=O) groups excluding carboxylic acids is 3. The molecule has 0 saturated heterocycles. The first-order chi connectivity index (χ1) is 13.4. The average molecular weight is 397 g/mol. The average Bonchev–Trinajstić information content (AvgIpc) is 3.48. The van der Waals surface area contributed by atoms with Gasteiger partial charge in [0.2, 0.25) is 5.91 Å². The van der Waals surface area contributed by atoms with Crippen LogP contribution in [0.2, 0.25) is 0 Å². The molecule has 3 rings (SSSR count). The summed E-state index contributed by atoms with van der Waals surface area (Å²) in [4.78, 5) is 37.5. The van der Waals surface area contributed by atoms with Crippen molar-refractivity contribution in [2.24, 2.45) is 5.92 Å². The summed E-state index contributed by atoms with van der Waals surface area (Å²) in [6.07, 6.45) is 1.73. The second-order valence-electron chi connectivity index (χ2n) is 6.57. The molecular formula is C20H19N3O4S. The lowest BCUT2D eigenvalue weighted by Crippen LogP contribution is -2.22. The molecule has 1 aliphatic carbocycles. The first kappa shape index (κ1) is 19.6. The van der Waals surface area contributed by atoms with Crippen molar-refractivity contribution in [1.82, 2.24) is 0 Å². The Kier molecular flexibility index (Phi) is 5.76. The van der Waals surface area contributed by atoms with Crippen molar-refractivity contribution in [3.63, 3.8) is 0 Å². The minimum absolute atomic E-state index is 0.0153. The van der Waals surface area contributed by atoms with Gasteiger partial charge in [-0.3, -0.25) is 9.59 Å². The monoisotopic (exact) mass is 397 g/mol. The molecule has 2 amide bonds. The number of hydrogen-bond donors (Lipinski definition) is 2. The van der Waals surface area contributed by atoms with Crippen LogP contribution < -0.4 is 10.6 Å². The molecule has 28 heavy (non-hydrogen) atoms. The molecule has 0 unspecified atom stereocenters. The maximum atomic E-state index is 12.5. The zero-order chi connectivity index (χ0) is 20.3. The van der Waals surface area contributed by atoms with Gasteiger partial charge in [-0.1, -0.05) is 6.07 Å². The van der Waals surface area contributed by atoms with Crippen LogP contribution in [0.15, 0.2) is 24.3 Å². The highest BCUT2D eigenvalue weighted by Crippen LogP contribution is 2.36. The summed E-state index contributed by atoms with van der Waals surface area (Å²) in [6.45, 7) is 3.17. The largest absolute Gasteiger partial charge is 0.452 e. The lowest BCUT2D eigenvalue weighted by atomic mass is 10.1. The maximum Gasteiger partial charge on any atom is 0.341 e. The number of amides is 2. The van der Waals surface area contributed by atoms with Crippen LogP contribution in [0.5, 0.6) is 0 Å². The number of hydrogen-bond acceptors (Lipinski definition) is 6. The lowest BCUT2D eigenvalue weighted by molar-refractivity contribution is -0.119. The van der Waals surface area contributed by atoms with E-state index in [2.05, 4.69) is 10.6 Å². The van der Waals surface area contributed by atoms with Gasteiger partial charge in [0.15, 0.2) is 6.61 Å². The molecule has 1 aromatic carbocycles. The van der Waals surface area contributed by atoms with Gasteiger partial charge in [-0.25, -0.2) is 4.79 Å². The summed E-state index contributed by atoms with van der Waals surface area (Å²) in [5.74, 6) is -1.25. The van der Waals surface area contributed by atoms with Gasteiger partial charge in [-0.15, -0.1) is 11.3 Å². The smallest absolute Gasteiger partial charge is 0.341 e. The van der Waals surface area contributed by atoms with Crippen LogP contribution in [0.25, 0.3) is 0 Å². The first-order valence-electron chi connectivity index (χ1n) is 8.77. The first-order valence-corrected chi connectivity index (χ1v) is 9.58. The van der Waals surface area contributed by atoms with Crippen molar-refractivity contribution in [3.8, 4) is 6.07 Å². The Labute approximate surface area is 166 Å². The molecule has 1 saturated carbocycles. The van der Waals surface area contributed by atoms with E-state index in [9.17, 15) is 14.4 Å². The fourth-order valence-electron chi connectivity index (χ4n) is 2.59. The molecule has 0 radical (unpaired) electrons. The third-order valence-electron chi connectivity index (χ3n) is 4.38. The van der Waals surface area contributed by atoms with E-state index >= 15 is 0 Å². The van der Waals surface area contributed by atoms with Crippen LogP contribution in [0, 0.1) is 31.1 Å². The van der Waals surface area contributed by atoms with Gasteiger partial charge in [0.25, 0.3) is 5.91 Å². The van der Waals surface area contributed by atoms with Crippen LogP contribution in [0.1, 0.15) is 39.2 Å². The number of rotatable bonds is 6. The van der Waals surface area contributed by atoms with E-state index in [4.69, 9.17) is 10.00 Å². The van der Waals surface area contributed by atoms with E-state index in [1.807, 2.05) is 13.0 Å². The summed E-state index contributed by atoms with van der Waals surface area (Å²) in [6, 6.07) is 8.41. The fraction of sp³-hybridized carbons (Fsp3) is 0.300. The minimum Gasteiger partial charge on any atom is -0.452 e. The quantitative estimate of drug-likeness (QED) is 0.727. The fourth-order valence-corrected chi connectivity index (χ4v) is 3.64. The molecule has 0 atom stereocenters. The van der Waals surface area contributed by atoms with Gasteiger partial charge in [0.05, 0.1) is 17.2 Å². The number of ether oxygens (including phenoxy) is 1. The summed E-state index contributed by atoms with van der Waals surface area (Å²) < 4.78 is 5.15. The van der Waals surface area contributed by atoms with Crippen molar-refractivity contribution in [2.45, 2.75) is 26.7 Å². The summed E-state index contributed by atoms with van der Waals surface area (Å²) in [5.41, 5.74) is 1.87. The molecule has 0 bridgehead atoms. The normalized spacial score (nSPS) is 12.8. The third-order valence-corrected chi connectivity index (χ3v) is 5.51. The van der Waals surface area contributed by atoms with E-state index in [0.29, 0.717) is 16.3 Å². The summed E-state index contributed by atoms with van der Waals surface area (Å²) in [7, 11) is 0. The number of esters is 1. The molecule has 2 N–H and O–H groups in total. The number of benzene rings is 1. The lowest BCUT2D eigenvalue weighted by Gasteiger charge is -2.09. The van der Waals surface area contributed by atoms with Crippen LogP contribution in [-0.4, -0.2) is 24.4 Å². The zero-order valence-electron chi connectivity index (χ0n) is 15.5. The number of nitrogens with one attached hydrogen (secondary N) is 2. The summed E-state index contributed by atoms with van der Waals surface area (Å²) >= 11 is 1.32. The third kappa shape index (κ3) is 4.56. The van der Waals surface area contributed by atoms with Gasteiger partial charge in [0.1, 0.15) is 5.00 Å². The van der Waals surface area contributed by atoms with Gasteiger partial charge in [-0.2, -0.15) is 5.26 Å². The Hall–Kier alpha value is -3.18. The Morgan fingerprint density at radius 1 is 1.25 bits per heavy atom. The van der Waals surface area contributed by atoms with E-state index in [-0.39, 0.29) is 17.4 Å². The van der Waals surface area contributed by atoms with E-state index in [0.717, 1.165) is 23.3 Å². The van der Waals surface area contributed by atoms with Crippen molar-refractivity contribution in [1.29, 1.82) is 5.26 Å². The van der Waals surface area contributed by atoms with E-state index in [1.165, 1.54) is 17.4 Å². The molecule has 1 aromatic heterocycles. The number of thiophene rings is 1. The second-order valence-corrected chi connectivity index (χ2v) is 7.79. The number of nitriles is 1. The van der Waals surface area contributed by atoms with Crippen LogP contribution >= 0.6 is 11.3 Å². The van der Waals surface area contributed by atoms with Crippen molar-refractivity contribution in [2.75, 3.05) is 17.2 Å². The molecule has 2 aromatic rings. The number of anilines is 2. The van der Waals surface area contributed by atoms with Crippen molar-refractivity contribution >= 4 is 39.8 Å². The topological polar surface area (TPSA) is 108 Å². The van der Waals surface area contributed by atoms with Gasteiger partial charge in [0, 0.05) is 16.5 Å². The van der Waals surface area contributed by atoms with Crippen LogP contribution in [0.4, 0.5) is 10.7 Å². The molecule has 1 fully saturated rings. The Morgan fingerprint density at radius 3 is 2.68 bits per heavy atom. The predicted octanol–water partition coefficient (Wildman–Crippen LogP) is 3.38.